The second kappa shape index (κ2) is 6.88. The maximum Gasteiger partial charge on any atom is 0.176 e. The van der Waals surface area contributed by atoms with Crippen LogP contribution in [0.25, 0.3) is 0 Å². The number of hydrogen-bond donors (Lipinski definition) is 0. The van der Waals surface area contributed by atoms with E-state index in [4.69, 9.17) is 16.3 Å². The lowest BCUT2D eigenvalue weighted by Gasteiger charge is -2.14. The van der Waals surface area contributed by atoms with Crippen molar-refractivity contribution >= 4 is 28.7 Å². The van der Waals surface area contributed by atoms with E-state index in [0.29, 0.717) is 24.4 Å². The number of ketones is 1. The number of Topliss-reactive ketones (excluding diaryl/α,β-unsaturated/α-hetero) is 1. The standard InChI is InChI=1S/C15H16ClNO2S/c1-17(9-13-6-7-15(16)20-13)10-14(18)11-4-3-5-12(8-11)19-2/h3-8H,9-10H2,1-2H3. The molecule has 20 heavy (non-hydrogen) atoms. The van der Waals surface area contributed by atoms with Gasteiger partial charge in [0, 0.05) is 17.0 Å². The van der Waals surface area contributed by atoms with Crippen LogP contribution >= 0.6 is 22.9 Å². The van der Waals surface area contributed by atoms with E-state index in [0.717, 1.165) is 9.21 Å². The highest BCUT2D eigenvalue weighted by molar-refractivity contribution is 7.16. The van der Waals surface area contributed by atoms with Crippen molar-refractivity contribution in [2.45, 2.75) is 6.54 Å². The molecule has 0 bridgehead atoms. The Bertz CT molecular complexity index is 597. The smallest absolute Gasteiger partial charge is 0.176 e. The molecular weight excluding hydrogens is 294 g/mol. The highest BCUT2D eigenvalue weighted by atomic mass is 35.5. The molecular formula is C15H16ClNO2S. The zero-order valence-electron chi connectivity index (χ0n) is 11.4. The molecule has 0 amide bonds. The zero-order chi connectivity index (χ0) is 14.5. The number of halogens is 1. The molecule has 106 valence electrons. The second-order valence-electron chi connectivity index (χ2n) is 4.53. The lowest BCUT2D eigenvalue weighted by molar-refractivity contribution is 0.0943. The summed E-state index contributed by atoms with van der Waals surface area (Å²) in [7, 11) is 3.52. The molecule has 0 radical (unpaired) electrons. The fourth-order valence-corrected chi connectivity index (χ4v) is 3.06. The van der Waals surface area contributed by atoms with Crippen molar-refractivity contribution in [3.05, 3.63) is 51.2 Å². The average molecular weight is 310 g/mol. The van der Waals surface area contributed by atoms with E-state index in [1.165, 1.54) is 11.3 Å². The topological polar surface area (TPSA) is 29.5 Å². The van der Waals surface area contributed by atoms with Crippen LogP contribution in [0.4, 0.5) is 0 Å². The average Bonchev–Trinajstić information content (AvgIpc) is 2.83. The number of ether oxygens (including phenoxy) is 1. The van der Waals surface area contributed by atoms with Gasteiger partial charge in [0.2, 0.25) is 0 Å². The SMILES string of the molecule is COc1cccc(C(=O)CN(C)Cc2ccc(Cl)s2)c1. The van der Waals surface area contributed by atoms with Crippen LogP contribution in [-0.2, 0) is 6.54 Å². The molecule has 0 saturated carbocycles. The summed E-state index contributed by atoms with van der Waals surface area (Å²) in [5.74, 6) is 0.776. The summed E-state index contributed by atoms with van der Waals surface area (Å²) in [5.41, 5.74) is 0.667. The Balaban J connectivity index is 1.96. The van der Waals surface area contributed by atoms with E-state index < -0.39 is 0 Å². The molecule has 0 aliphatic carbocycles. The summed E-state index contributed by atoms with van der Waals surface area (Å²) < 4.78 is 5.90. The van der Waals surface area contributed by atoms with Gasteiger partial charge in [0.15, 0.2) is 5.78 Å². The third kappa shape index (κ3) is 4.07. The Morgan fingerprint density at radius 1 is 1.35 bits per heavy atom. The summed E-state index contributed by atoms with van der Waals surface area (Å²) in [6, 6.07) is 11.1. The van der Waals surface area contributed by atoms with Crippen LogP contribution in [0.3, 0.4) is 0 Å². The van der Waals surface area contributed by atoms with E-state index in [-0.39, 0.29) is 5.78 Å². The normalized spacial score (nSPS) is 10.8. The molecule has 0 unspecified atom stereocenters. The molecule has 2 aromatic rings. The van der Waals surface area contributed by atoms with Gasteiger partial charge >= 0.3 is 0 Å². The molecule has 3 nitrogen and oxygen atoms in total. The van der Waals surface area contributed by atoms with Gasteiger partial charge in [-0.25, -0.2) is 0 Å². The molecule has 1 heterocycles. The van der Waals surface area contributed by atoms with Crippen molar-refractivity contribution in [3.8, 4) is 5.75 Å². The van der Waals surface area contributed by atoms with Crippen LogP contribution in [0, 0.1) is 0 Å². The first-order valence-electron chi connectivity index (χ1n) is 6.18. The first-order valence-corrected chi connectivity index (χ1v) is 7.38. The van der Waals surface area contributed by atoms with E-state index in [9.17, 15) is 4.79 Å². The van der Waals surface area contributed by atoms with Gasteiger partial charge in [-0.15, -0.1) is 11.3 Å². The molecule has 1 aromatic heterocycles. The lowest BCUT2D eigenvalue weighted by atomic mass is 10.1. The number of carbonyl (C=O) groups excluding carboxylic acids is 1. The Morgan fingerprint density at radius 2 is 2.15 bits per heavy atom. The van der Waals surface area contributed by atoms with Crippen LogP contribution in [0.1, 0.15) is 15.2 Å². The van der Waals surface area contributed by atoms with E-state index >= 15 is 0 Å². The van der Waals surface area contributed by atoms with Gasteiger partial charge < -0.3 is 4.74 Å². The molecule has 5 heteroatoms. The molecule has 2 rings (SSSR count). The number of nitrogens with zero attached hydrogens (tertiary/aromatic N) is 1. The van der Waals surface area contributed by atoms with E-state index in [1.54, 1.807) is 19.2 Å². The Morgan fingerprint density at radius 3 is 2.80 bits per heavy atom. The van der Waals surface area contributed by atoms with Crippen molar-refractivity contribution in [1.82, 2.24) is 4.90 Å². The van der Waals surface area contributed by atoms with Gasteiger partial charge in [-0.3, -0.25) is 9.69 Å². The van der Waals surface area contributed by atoms with Crippen LogP contribution in [0.15, 0.2) is 36.4 Å². The van der Waals surface area contributed by atoms with Gasteiger partial charge in [0.25, 0.3) is 0 Å². The predicted molar refractivity (Wildman–Crippen MR) is 83.0 cm³/mol. The number of methoxy groups -OCH3 is 1. The quantitative estimate of drug-likeness (QED) is 0.762. The Hall–Kier alpha value is -1.36. The van der Waals surface area contributed by atoms with Crippen molar-refractivity contribution in [1.29, 1.82) is 0 Å². The third-order valence-electron chi connectivity index (χ3n) is 2.86. The molecule has 0 spiro atoms. The van der Waals surface area contributed by atoms with Crippen molar-refractivity contribution in [2.24, 2.45) is 0 Å². The Labute approximate surface area is 127 Å². The molecule has 0 N–H and O–H groups in total. The number of thiophene rings is 1. The largest absolute Gasteiger partial charge is 0.497 e. The molecule has 0 atom stereocenters. The van der Waals surface area contributed by atoms with Gasteiger partial charge in [-0.2, -0.15) is 0 Å². The maximum atomic E-state index is 12.2. The van der Waals surface area contributed by atoms with Crippen molar-refractivity contribution < 1.29 is 9.53 Å². The third-order valence-corrected chi connectivity index (χ3v) is 4.08. The highest BCUT2D eigenvalue weighted by Gasteiger charge is 2.11. The molecule has 0 saturated heterocycles. The number of benzene rings is 1. The minimum Gasteiger partial charge on any atom is -0.497 e. The molecule has 0 fully saturated rings. The van der Waals surface area contributed by atoms with Gasteiger partial charge in [-0.05, 0) is 31.3 Å². The number of likely N-dealkylation sites (N-methyl/N-ethyl adjacent to an activating group) is 1. The predicted octanol–water partition coefficient (Wildman–Crippen LogP) is 3.72. The number of rotatable bonds is 6. The summed E-state index contributed by atoms with van der Waals surface area (Å²) >= 11 is 7.44. The summed E-state index contributed by atoms with van der Waals surface area (Å²) in [6.45, 7) is 1.08. The van der Waals surface area contributed by atoms with Crippen molar-refractivity contribution in [3.63, 3.8) is 0 Å². The first-order chi connectivity index (χ1) is 9.58. The van der Waals surface area contributed by atoms with Crippen LogP contribution < -0.4 is 4.74 Å². The van der Waals surface area contributed by atoms with Gasteiger partial charge in [0.05, 0.1) is 18.0 Å². The van der Waals surface area contributed by atoms with Gasteiger partial charge in [0.1, 0.15) is 5.75 Å². The molecule has 1 aromatic carbocycles. The zero-order valence-corrected chi connectivity index (χ0v) is 13.0. The molecule has 0 aliphatic rings. The fourth-order valence-electron chi connectivity index (χ4n) is 1.89. The first kappa shape index (κ1) is 15.0. The fraction of sp³-hybridized carbons (Fsp3) is 0.267. The van der Waals surface area contributed by atoms with Crippen LogP contribution in [0.5, 0.6) is 5.75 Å². The van der Waals surface area contributed by atoms with Crippen molar-refractivity contribution in [2.75, 3.05) is 20.7 Å². The van der Waals surface area contributed by atoms with Gasteiger partial charge in [-0.1, -0.05) is 23.7 Å². The maximum absolute atomic E-state index is 12.2. The monoisotopic (exact) mass is 309 g/mol. The van der Waals surface area contributed by atoms with E-state index in [2.05, 4.69) is 0 Å². The molecule has 0 aliphatic heterocycles. The number of hydrogen-bond acceptors (Lipinski definition) is 4. The second-order valence-corrected chi connectivity index (χ2v) is 6.33. The van der Waals surface area contributed by atoms with E-state index in [1.807, 2.05) is 36.2 Å². The minimum atomic E-state index is 0.0778. The summed E-state index contributed by atoms with van der Waals surface area (Å²) in [6.07, 6.45) is 0. The minimum absolute atomic E-state index is 0.0778. The summed E-state index contributed by atoms with van der Waals surface area (Å²) in [5, 5.41) is 0. The Kier molecular flexibility index (Phi) is 5.17. The van der Waals surface area contributed by atoms with Crippen LogP contribution in [-0.4, -0.2) is 31.4 Å². The highest BCUT2D eigenvalue weighted by Crippen LogP contribution is 2.22. The lowest BCUT2D eigenvalue weighted by Crippen LogP contribution is -2.25. The van der Waals surface area contributed by atoms with Crippen LogP contribution in [0.2, 0.25) is 4.34 Å². The summed E-state index contributed by atoms with van der Waals surface area (Å²) in [4.78, 5) is 15.3. The number of carbonyl (C=O) groups is 1.